The zero-order valence-electron chi connectivity index (χ0n) is 30.1. The molecule has 0 spiro atoms. The molecular formula is C34H66O7Si2. The standard InChI is InChI=1S/C34H66O7Si2/c1-17-27(35)25(7)24-34(13,38-14)30(41-43(20-4,21-5)22-6)23-28(40-42(15,16)32(9,10)11)26(8)31(36)39-29(18-2)33(12,37)19-3/h17,19,25-26,28-30,37H,1,3,18,20-24H2,2,4-16H3/t25-,26-,28+,29-,30-,33+,34-/m1/s1. The highest BCUT2D eigenvalue weighted by molar-refractivity contribution is 6.74. The van der Waals surface area contributed by atoms with Gasteiger partial charge < -0.3 is 23.4 Å². The maximum atomic E-state index is 13.8. The average Bonchev–Trinajstić information content (AvgIpc) is 2.95. The number of carbonyl (C=O) groups excluding carboxylic acids is 2. The second-order valence-electron chi connectivity index (χ2n) is 14.3. The Morgan fingerprint density at radius 3 is 1.79 bits per heavy atom. The predicted molar refractivity (Wildman–Crippen MR) is 183 cm³/mol. The van der Waals surface area contributed by atoms with Gasteiger partial charge in [-0.05, 0) is 76.0 Å². The van der Waals surface area contributed by atoms with Crippen LogP contribution in [0.15, 0.2) is 25.3 Å². The van der Waals surface area contributed by atoms with Gasteiger partial charge in [0, 0.05) is 19.4 Å². The Morgan fingerprint density at radius 1 is 0.907 bits per heavy atom. The lowest BCUT2D eigenvalue weighted by molar-refractivity contribution is -0.169. The van der Waals surface area contributed by atoms with E-state index in [4.69, 9.17) is 18.3 Å². The maximum absolute atomic E-state index is 13.8. The summed E-state index contributed by atoms with van der Waals surface area (Å²) in [5.74, 6) is -1.44. The molecule has 0 aliphatic heterocycles. The lowest BCUT2D eigenvalue weighted by Gasteiger charge is -2.47. The molecule has 0 aromatic carbocycles. The van der Waals surface area contributed by atoms with Crippen molar-refractivity contribution in [3.63, 3.8) is 0 Å². The first-order chi connectivity index (χ1) is 19.6. The van der Waals surface area contributed by atoms with Crippen molar-refractivity contribution in [1.29, 1.82) is 0 Å². The van der Waals surface area contributed by atoms with E-state index in [0.29, 0.717) is 19.3 Å². The van der Waals surface area contributed by atoms with Crippen LogP contribution >= 0.6 is 0 Å². The van der Waals surface area contributed by atoms with Crippen molar-refractivity contribution in [3.8, 4) is 0 Å². The SMILES string of the molecule is C=CC(=O)[C@H](C)C[C@@](C)(OC)[C@@H](C[C@H](O[Si](C)(C)C(C)(C)C)[C@@H](C)C(=O)O[C@H](CC)[C@@](C)(O)C=C)O[Si](CC)(CC)CC. The van der Waals surface area contributed by atoms with E-state index in [0.717, 1.165) is 18.1 Å². The van der Waals surface area contributed by atoms with E-state index in [1.54, 1.807) is 14.0 Å². The van der Waals surface area contributed by atoms with Crippen molar-refractivity contribution >= 4 is 28.4 Å². The van der Waals surface area contributed by atoms with Gasteiger partial charge in [-0.25, -0.2) is 0 Å². The molecule has 1 N–H and O–H groups in total. The van der Waals surface area contributed by atoms with Crippen LogP contribution in [0.2, 0.25) is 36.3 Å². The first-order valence-corrected chi connectivity index (χ1v) is 21.7. The van der Waals surface area contributed by atoms with Crippen LogP contribution in [0.4, 0.5) is 0 Å². The van der Waals surface area contributed by atoms with Crippen molar-refractivity contribution in [2.24, 2.45) is 11.8 Å². The van der Waals surface area contributed by atoms with Gasteiger partial charge >= 0.3 is 5.97 Å². The van der Waals surface area contributed by atoms with E-state index in [9.17, 15) is 14.7 Å². The summed E-state index contributed by atoms with van der Waals surface area (Å²) in [6, 6.07) is 2.83. The molecule has 7 nitrogen and oxygen atoms in total. The summed E-state index contributed by atoms with van der Waals surface area (Å²) in [5.41, 5.74) is -2.18. The molecule has 0 heterocycles. The number of esters is 1. The molecular weight excluding hydrogens is 577 g/mol. The number of aliphatic hydroxyl groups is 1. The molecule has 43 heavy (non-hydrogen) atoms. The first kappa shape index (κ1) is 41.9. The van der Waals surface area contributed by atoms with Gasteiger partial charge in [-0.2, -0.15) is 0 Å². The number of ether oxygens (including phenoxy) is 2. The number of methoxy groups -OCH3 is 1. The van der Waals surface area contributed by atoms with Gasteiger partial charge in [0.15, 0.2) is 22.4 Å². The Kier molecular flexibility index (Phi) is 16.6. The molecule has 0 aliphatic carbocycles. The predicted octanol–water partition coefficient (Wildman–Crippen LogP) is 8.24. The average molecular weight is 643 g/mol. The fourth-order valence-corrected chi connectivity index (χ4v) is 9.61. The quantitative estimate of drug-likeness (QED) is 0.0584. The van der Waals surface area contributed by atoms with Crippen LogP contribution in [0.25, 0.3) is 0 Å². The van der Waals surface area contributed by atoms with E-state index in [1.807, 2.05) is 27.7 Å². The van der Waals surface area contributed by atoms with Crippen molar-refractivity contribution < 1.29 is 33.0 Å². The minimum Gasteiger partial charge on any atom is -0.459 e. The molecule has 0 amide bonds. The summed E-state index contributed by atoms with van der Waals surface area (Å²) in [5, 5.41) is 10.7. The van der Waals surface area contributed by atoms with Gasteiger partial charge in [-0.15, -0.1) is 6.58 Å². The largest absolute Gasteiger partial charge is 0.459 e. The molecule has 0 aromatic rings. The number of hydrogen-bond acceptors (Lipinski definition) is 7. The molecule has 0 aromatic heterocycles. The molecule has 0 unspecified atom stereocenters. The number of ketones is 1. The third-order valence-corrected chi connectivity index (χ3v) is 19.3. The minimum absolute atomic E-state index is 0.0436. The number of carbonyl (C=O) groups is 2. The summed E-state index contributed by atoms with van der Waals surface area (Å²) in [7, 11) is -2.87. The Morgan fingerprint density at radius 2 is 1.42 bits per heavy atom. The van der Waals surface area contributed by atoms with Crippen LogP contribution in [0.3, 0.4) is 0 Å². The van der Waals surface area contributed by atoms with Gasteiger partial charge in [0.2, 0.25) is 0 Å². The minimum atomic E-state index is -2.37. The molecule has 252 valence electrons. The first-order valence-electron chi connectivity index (χ1n) is 16.2. The third kappa shape index (κ3) is 11.3. The fraction of sp³-hybridized carbons (Fsp3) is 0.824. The van der Waals surface area contributed by atoms with Crippen LogP contribution in [0.5, 0.6) is 0 Å². The van der Waals surface area contributed by atoms with Crippen molar-refractivity contribution in [2.45, 2.75) is 161 Å². The van der Waals surface area contributed by atoms with Gasteiger partial charge in [0.05, 0.1) is 23.7 Å². The van der Waals surface area contributed by atoms with Gasteiger partial charge in [-0.1, -0.05) is 68.0 Å². The topological polar surface area (TPSA) is 91.3 Å². The number of rotatable bonds is 21. The Balaban J connectivity index is 6.98. The lowest BCUT2D eigenvalue weighted by atomic mass is 9.82. The second-order valence-corrected chi connectivity index (χ2v) is 23.8. The number of allylic oxidation sites excluding steroid dienone is 1. The van der Waals surface area contributed by atoms with E-state index in [1.165, 1.54) is 12.2 Å². The monoisotopic (exact) mass is 642 g/mol. The van der Waals surface area contributed by atoms with Gasteiger partial charge in [0.1, 0.15) is 11.7 Å². The van der Waals surface area contributed by atoms with E-state index >= 15 is 0 Å². The van der Waals surface area contributed by atoms with E-state index < -0.39 is 58.0 Å². The molecule has 7 atom stereocenters. The van der Waals surface area contributed by atoms with Crippen molar-refractivity contribution in [3.05, 3.63) is 25.3 Å². The normalized spacial score (nSPS) is 19.2. The number of hydrogen-bond donors (Lipinski definition) is 1. The zero-order chi connectivity index (χ0) is 34.0. The summed E-state index contributed by atoms with van der Waals surface area (Å²) in [4.78, 5) is 26.4. The summed E-state index contributed by atoms with van der Waals surface area (Å²) in [6.07, 6.45) is 2.32. The second kappa shape index (κ2) is 17.0. The van der Waals surface area contributed by atoms with Crippen LogP contribution in [0.1, 0.15) is 95.4 Å². The smallest absolute Gasteiger partial charge is 0.311 e. The van der Waals surface area contributed by atoms with Crippen LogP contribution in [0, 0.1) is 11.8 Å². The van der Waals surface area contributed by atoms with Crippen molar-refractivity contribution in [1.82, 2.24) is 0 Å². The van der Waals surface area contributed by atoms with Crippen LogP contribution < -0.4 is 0 Å². The molecule has 0 fully saturated rings. The zero-order valence-corrected chi connectivity index (χ0v) is 32.1. The van der Waals surface area contributed by atoms with Crippen LogP contribution in [-0.4, -0.2) is 70.1 Å². The highest BCUT2D eigenvalue weighted by atomic mass is 28.4. The van der Waals surface area contributed by atoms with Gasteiger partial charge in [0.25, 0.3) is 0 Å². The molecule has 0 bridgehead atoms. The molecule has 9 heteroatoms. The summed E-state index contributed by atoms with van der Waals surface area (Å²) >= 11 is 0. The Labute approximate surface area is 266 Å². The fourth-order valence-electron chi connectivity index (χ4n) is 5.25. The molecule has 0 rings (SSSR count). The van der Waals surface area contributed by atoms with Crippen LogP contribution in [-0.2, 0) is 27.9 Å². The van der Waals surface area contributed by atoms with Crippen molar-refractivity contribution in [2.75, 3.05) is 7.11 Å². The lowest BCUT2D eigenvalue weighted by Crippen LogP contribution is -2.55. The molecule has 0 aliphatic rings. The maximum Gasteiger partial charge on any atom is 0.311 e. The Bertz CT molecular complexity index is 899. The highest BCUT2D eigenvalue weighted by Crippen LogP contribution is 2.41. The third-order valence-electron chi connectivity index (χ3n) is 10.2. The molecule has 0 radical (unpaired) electrons. The Hall–Kier alpha value is -1.11. The summed E-state index contributed by atoms with van der Waals surface area (Å²) < 4.78 is 26.4. The molecule has 0 saturated heterocycles. The van der Waals surface area contributed by atoms with E-state index in [2.05, 4.69) is 67.8 Å². The van der Waals surface area contributed by atoms with E-state index in [-0.39, 0.29) is 16.7 Å². The summed E-state index contributed by atoms with van der Waals surface area (Å²) in [6.45, 7) is 34.0. The highest BCUT2D eigenvalue weighted by Gasteiger charge is 2.48. The van der Waals surface area contributed by atoms with Gasteiger partial charge in [-0.3, -0.25) is 9.59 Å². The molecule has 0 saturated carbocycles.